The quantitative estimate of drug-likeness (QED) is 0.749. The zero-order valence-electron chi connectivity index (χ0n) is 11.4. The highest BCUT2D eigenvalue weighted by atomic mass is 16.4. The van der Waals surface area contributed by atoms with Crippen molar-refractivity contribution in [2.24, 2.45) is 14.1 Å². The van der Waals surface area contributed by atoms with Crippen molar-refractivity contribution >= 4 is 11.8 Å². The van der Waals surface area contributed by atoms with E-state index in [9.17, 15) is 19.5 Å². The number of nitrogens with one attached hydrogen (secondary N) is 1. The molecule has 0 saturated heterocycles. The van der Waals surface area contributed by atoms with Gasteiger partial charge in [-0.25, -0.2) is 14.3 Å². The van der Waals surface area contributed by atoms with E-state index in [1.807, 2.05) is 0 Å². The third kappa shape index (κ3) is 2.51. The predicted molar refractivity (Wildman–Crippen MR) is 69.3 cm³/mol. The lowest BCUT2D eigenvalue weighted by atomic mass is 9.93. The summed E-state index contributed by atoms with van der Waals surface area (Å²) in [4.78, 5) is 34.8. The zero-order valence-corrected chi connectivity index (χ0v) is 11.4. The lowest BCUT2D eigenvalue weighted by Crippen LogP contribution is -2.49. The Morgan fingerprint density at radius 1 is 1.32 bits per heavy atom. The molecule has 0 fully saturated rings. The number of rotatable bonds is 5. The number of anilines is 1. The summed E-state index contributed by atoms with van der Waals surface area (Å²) in [5.41, 5.74) is -2.48. The molecule has 1 aromatic heterocycles. The molecule has 0 spiro atoms. The van der Waals surface area contributed by atoms with Crippen LogP contribution in [0.4, 0.5) is 5.82 Å². The number of hydrogen-bond acceptors (Lipinski definition) is 5. The van der Waals surface area contributed by atoms with Crippen molar-refractivity contribution in [1.82, 2.24) is 14.3 Å². The minimum Gasteiger partial charge on any atom is -0.480 e. The zero-order chi connectivity index (χ0) is 14.8. The Bertz CT molecular complexity index is 598. The molecule has 1 aromatic rings. The average molecular weight is 270 g/mol. The molecule has 0 saturated carbocycles. The molecule has 1 rings (SSSR count). The molecule has 8 nitrogen and oxygen atoms in total. The highest BCUT2D eigenvalue weighted by Gasteiger charge is 2.36. The van der Waals surface area contributed by atoms with Gasteiger partial charge in [0.1, 0.15) is 5.54 Å². The average Bonchev–Trinajstić information content (AvgIpc) is 2.39. The van der Waals surface area contributed by atoms with Gasteiger partial charge in [0.25, 0.3) is 5.56 Å². The lowest BCUT2D eigenvalue weighted by Gasteiger charge is -2.28. The second-order valence-corrected chi connectivity index (χ2v) is 4.34. The monoisotopic (exact) mass is 270 g/mol. The summed E-state index contributed by atoms with van der Waals surface area (Å²) < 4.78 is 1.87. The minimum absolute atomic E-state index is 0.143. The van der Waals surface area contributed by atoms with Crippen molar-refractivity contribution in [3.8, 4) is 0 Å². The van der Waals surface area contributed by atoms with Crippen LogP contribution in [0.5, 0.6) is 0 Å². The second-order valence-electron chi connectivity index (χ2n) is 4.34. The van der Waals surface area contributed by atoms with Crippen LogP contribution in [-0.2, 0) is 18.9 Å². The summed E-state index contributed by atoms with van der Waals surface area (Å²) in [7, 11) is 2.71. The molecule has 8 heteroatoms. The van der Waals surface area contributed by atoms with Crippen molar-refractivity contribution in [1.29, 1.82) is 0 Å². The Morgan fingerprint density at radius 2 is 1.84 bits per heavy atom. The van der Waals surface area contributed by atoms with Gasteiger partial charge in [0, 0.05) is 14.1 Å². The summed E-state index contributed by atoms with van der Waals surface area (Å²) >= 11 is 0. The van der Waals surface area contributed by atoms with Gasteiger partial charge in [-0.1, -0.05) is 13.8 Å². The Kier molecular flexibility index (Phi) is 4.13. The van der Waals surface area contributed by atoms with Gasteiger partial charge in [0.2, 0.25) is 5.82 Å². The van der Waals surface area contributed by atoms with Gasteiger partial charge in [0.15, 0.2) is 0 Å². The number of aliphatic carboxylic acids is 1. The van der Waals surface area contributed by atoms with Gasteiger partial charge in [-0.05, 0) is 12.8 Å². The molecule has 0 aromatic carbocycles. The van der Waals surface area contributed by atoms with Crippen LogP contribution in [0, 0.1) is 0 Å². The van der Waals surface area contributed by atoms with E-state index in [0.29, 0.717) is 0 Å². The Hall–Kier alpha value is -2.12. The SMILES string of the molecule is CCC(CC)(Nc1nn(C)c(=O)n(C)c1=O)C(=O)O. The highest BCUT2D eigenvalue weighted by Crippen LogP contribution is 2.19. The maximum atomic E-state index is 11.9. The van der Waals surface area contributed by atoms with E-state index in [0.717, 1.165) is 9.25 Å². The number of carboxylic acid groups (broad SMARTS) is 1. The predicted octanol–water partition coefficient (Wildman–Crippen LogP) is -0.466. The summed E-state index contributed by atoms with van der Waals surface area (Å²) in [6, 6.07) is 0. The Balaban J connectivity index is 3.37. The molecule has 19 heavy (non-hydrogen) atoms. The van der Waals surface area contributed by atoms with Gasteiger partial charge in [-0.15, -0.1) is 5.10 Å². The molecule has 106 valence electrons. The van der Waals surface area contributed by atoms with E-state index in [2.05, 4.69) is 10.4 Å². The van der Waals surface area contributed by atoms with E-state index in [4.69, 9.17) is 0 Å². The van der Waals surface area contributed by atoms with Crippen LogP contribution >= 0.6 is 0 Å². The number of carbonyl (C=O) groups is 1. The number of carboxylic acids is 1. The van der Waals surface area contributed by atoms with Crippen LogP contribution in [0.3, 0.4) is 0 Å². The van der Waals surface area contributed by atoms with E-state index in [1.54, 1.807) is 13.8 Å². The molecule has 1 heterocycles. The molecule has 0 aliphatic rings. The summed E-state index contributed by atoms with van der Waals surface area (Å²) in [5.74, 6) is -1.20. The molecule has 0 radical (unpaired) electrons. The first kappa shape index (κ1) is 14.9. The topological polar surface area (TPSA) is 106 Å². The van der Waals surface area contributed by atoms with Gasteiger partial charge < -0.3 is 10.4 Å². The smallest absolute Gasteiger partial charge is 0.346 e. The van der Waals surface area contributed by atoms with Crippen molar-refractivity contribution in [3.05, 3.63) is 20.8 Å². The van der Waals surface area contributed by atoms with Crippen LogP contribution in [0.2, 0.25) is 0 Å². The Morgan fingerprint density at radius 3 is 2.26 bits per heavy atom. The van der Waals surface area contributed by atoms with E-state index in [1.165, 1.54) is 14.1 Å². The fourth-order valence-corrected chi connectivity index (χ4v) is 1.79. The number of aryl methyl sites for hydroxylation is 1. The van der Waals surface area contributed by atoms with Crippen LogP contribution in [-0.4, -0.2) is 31.0 Å². The van der Waals surface area contributed by atoms with Crippen LogP contribution in [0.25, 0.3) is 0 Å². The summed E-state index contributed by atoms with van der Waals surface area (Å²) in [5, 5.41) is 15.8. The standard InChI is InChI=1S/C11H18N4O4/c1-5-11(6-2,9(17)18)12-7-8(16)14(3)10(19)15(4)13-7/h5-6H2,1-4H3,(H,12,13)(H,17,18). The normalized spacial score (nSPS) is 11.4. The van der Waals surface area contributed by atoms with Crippen LogP contribution in [0.15, 0.2) is 9.59 Å². The molecule has 0 bridgehead atoms. The van der Waals surface area contributed by atoms with Crippen LogP contribution < -0.4 is 16.6 Å². The van der Waals surface area contributed by atoms with Crippen molar-refractivity contribution in [3.63, 3.8) is 0 Å². The van der Waals surface area contributed by atoms with Crippen LogP contribution in [0.1, 0.15) is 26.7 Å². The molecule has 0 amide bonds. The van der Waals surface area contributed by atoms with E-state index >= 15 is 0 Å². The summed E-state index contributed by atoms with van der Waals surface area (Å²) in [6.07, 6.45) is 0.568. The van der Waals surface area contributed by atoms with Crippen molar-refractivity contribution in [2.75, 3.05) is 5.32 Å². The number of aromatic nitrogens is 3. The molecule has 0 unspecified atom stereocenters. The van der Waals surface area contributed by atoms with Crippen molar-refractivity contribution < 1.29 is 9.90 Å². The lowest BCUT2D eigenvalue weighted by molar-refractivity contribution is -0.142. The largest absolute Gasteiger partial charge is 0.480 e. The minimum atomic E-state index is -1.27. The number of hydrogen-bond donors (Lipinski definition) is 2. The third-order valence-corrected chi connectivity index (χ3v) is 3.30. The van der Waals surface area contributed by atoms with Gasteiger partial charge in [-0.3, -0.25) is 9.36 Å². The van der Waals surface area contributed by atoms with E-state index < -0.39 is 22.8 Å². The molecular weight excluding hydrogens is 252 g/mol. The van der Waals surface area contributed by atoms with Crippen molar-refractivity contribution in [2.45, 2.75) is 32.2 Å². The second kappa shape index (κ2) is 5.25. The number of nitrogens with zero attached hydrogens (tertiary/aromatic N) is 3. The van der Waals surface area contributed by atoms with Gasteiger partial charge in [-0.2, -0.15) is 0 Å². The fourth-order valence-electron chi connectivity index (χ4n) is 1.79. The molecular formula is C11H18N4O4. The van der Waals surface area contributed by atoms with Gasteiger partial charge >= 0.3 is 11.7 Å². The highest BCUT2D eigenvalue weighted by molar-refractivity contribution is 5.82. The molecule has 0 aliphatic carbocycles. The van der Waals surface area contributed by atoms with Gasteiger partial charge in [0.05, 0.1) is 0 Å². The first-order valence-electron chi connectivity index (χ1n) is 5.95. The van der Waals surface area contributed by atoms with E-state index in [-0.39, 0.29) is 18.7 Å². The Labute approximate surface area is 109 Å². The maximum absolute atomic E-state index is 11.9. The maximum Gasteiger partial charge on any atom is 0.346 e. The molecule has 2 N–H and O–H groups in total. The summed E-state index contributed by atoms with van der Waals surface area (Å²) in [6.45, 7) is 3.41. The fraction of sp³-hybridized carbons (Fsp3) is 0.636. The molecule has 0 atom stereocenters. The first-order valence-corrected chi connectivity index (χ1v) is 5.95. The first-order chi connectivity index (χ1) is 8.79. The molecule has 0 aliphatic heterocycles. The third-order valence-electron chi connectivity index (χ3n) is 3.30.